The number of aromatic hydroxyl groups is 1. The third-order valence-corrected chi connectivity index (χ3v) is 13.2. The number of nitrogens with zero attached hydrogens (tertiary/aromatic N) is 2. The zero-order chi connectivity index (χ0) is 32.9. The largest absolute Gasteiger partial charge is 0.503 e. The van der Waals surface area contributed by atoms with Crippen molar-refractivity contribution in [3.63, 3.8) is 0 Å². The van der Waals surface area contributed by atoms with Crippen LogP contribution in [-0.2, 0) is 19.2 Å². The summed E-state index contributed by atoms with van der Waals surface area (Å²) >= 11 is 21.8. The van der Waals surface area contributed by atoms with E-state index < -0.39 is 57.0 Å². The van der Waals surface area contributed by atoms with Crippen molar-refractivity contribution in [1.29, 1.82) is 0 Å². The molecule has 3 aromatic carbocycles. The van der Waals surface area contributed by atoms with Crippen LogP contribution in [0.3, 0.4) is 0 Å². The van der Waals surface area contributed by atoms with Crippen molar-refractivity contribution in [1.82, 2.24) is 0 Å². The number of ether oxygens (including phenoxy) is 1. The van der Waals surface area contributed by atoms with E-state index in [1.165, 1.54) is 30.2 Å². The zero-order valence-corrected chi connectivity index (χ0v) is 28.5. The predicted molar refractivity (Wildman–Crippen MR) is 176 cm³/mol. The fourth-order valence-electron chi connectivity index (χ4n) is 7.55. The molecule has 0 unspecified atom stereocenters. The van der Waals surface area contributed by atoms with Gasteiger partial charge in [-0.15, -0.1) is 23.2 Å². The maximum absolute atomic E-state index is 14.6. The van der Waals surface area contributed by atoms with Gasteiger partial charge in [0.15, 0.2) is 21.2 Å². The van der Waals surface area contributed by atoms with Crippen molar-refractivity contribution < 1.29 is 33.4 Å². The van der Waals surface area contributed by atoms with Gasteiger partial charge in [-0.05, 0) is 98.6 Å². The minimum Gasteiger partial charge on any atom is -0.503 e. The van der Waals surface area contributed by atoms with Gasteiger partial charge in [0.1, 0.15) is 5.82 Å². The Morgan fingerprint density at radius 1 is 0.891 bits per heavy atom. The molecule has 46 heavy (non-hydrogen) atoms. The molecular formula is C33H23Br2Cl2FN2O6. The van der Waals surface area contributed by atoms with E-state index in [2.05, 4.69) is 31.9 Å². The van der Waals surface area contributed by atoms with Crippen LogP contribution in [0.4, 0.5) is 15.8 Å². The molecule has 0 aromatic heterocycles. The zero-order valence-electron chi connectivity index (χ0n) is 23.8. The number of hydrogen-bond acceptors (Lipinski definition) is 6. The summed E-state index contributed by atoms with van der Waals surface area (Å²) in [4.78, 5) is 54.7. The first kappa shape index (κ1) is 31.4. The fraction of sp³-hybridized carbons (Fsp3) is 0.273. The maximum atomic E-state index is 14.6. The molecule has 2 heterocycles. The van der Waals surface area contributed by atoms with Crippen LogP contribution < -0.4 is 14.5 Å². The molecule has 2 aliphatic carbocycles. The summed E-state index contributed by atoms with van der Waals surface area (Å²) in [6.45, 7) is 0. The summed E-state index contributed by atoms with van der Waals surface area (Å²) < 4.78 is 19.8. The highest BCUT2D eigenvalue weighted by atomic mass is 79.9. The Kier molecular flexibility index (Phi) is 7.43. The highest BCUT2D eigenvalue weighted by Crippen LogP contribution is 2.67. The van der Waals surface area contributed by atoms with Crippen LogP contribution >= 0.6 is 55.1 Å². The lowest BCUT2D eigenvalue weighted by Gasteiger charge is -2.51. The minimum atomic E-state index is -2.15. The Morgan fingerprint density at radius 2 is 1.54 bits per heavy atom. The standard InChI is InChI=1S/C33H23Br2Cl2FN2O6/c1-46-22-13-20(25(34)26(35)27(22)41)24-18-11-12-19-23(29(43)39(28(19)42)16-5-3-2-4-6-16)21(18)14-32(36)30(44)40(31(45)33(24,32)37)17-9-7-15(38)8-10-17/h2-11,13,19,21,23-24,41H,12,14H2,1H3/t19-,21+,23-,24+,32+,33-/m0/s1. The number of fused-ring (bicyclic) bond motifs is 4. The normalized spacial score (nSPS) is 30.3. The summed E-state index contributed by atoms with van der Waals surface area (Å²) in [7, 11) is 1.36. The van der Waals surface area contributed by atoms with Crippen molar-refractivity contribution >= 4 is 90.1 Å². The molecule has 4 amide bonds. The van der Waals surface area contributed by atoms with Crippen LogP contribution in [0.1, 0.15) is 24.3 Å². The molecule has 1 N–H and O–H groups in total. The second-order valence-corrected chi connectivity index (χ2v) is 14.6. The second-order valence-electron chi connectivity index (χ2n) is 11.7. The van der Waals surface area contributed by atoms with Crippen LogP contribution in [0.25, 0.3) is 0 Å². The van der Waals surface area contributed by atoms with Gasteiger partial charge in [0.2, 0.25) is 11.8 Å². The molecule has 6 atom stereocenters. The molecule has 0 bridgehead atoms. The third-order valence-electron chi connectivity index (χ3n) is 9.62. The highest BCUT2D eigenvalue weighted by Gasteiger charge is 2.77. The Balaban J connectivity index is 1.45. The molecule has 3 aromatic rings. The molecule has 13 heteroatoms. The number of phenols is 1. The van der Waals surface area contributed by atoms with Crippen molar-refractivity contribution in [2.24, 2.45) is 17.8 Å². The Hall–Kier alpha value is -3.25. The van der Waals surface area contributed by atoms with Gasteiger partial charge in [0, 0.05) is 10.4 Å². The monoisotopic (exact) mass is 790 g/mol. The lowest BCUT2D eigenvalue weighted by Crippen LogP contribution is -2.60. The van der Waals surface area contributed by atoms with E-state index >= 15 is 0 Å². The van der Waals surface area contributed by atoms with Crippen LogP contribution in [0.5, 0.6) is 11.5 Å². The van der Waals surface area contributed by atoms with Crippen molar-refractivity contribution in [3.05, 3.63) is 92.6 Å². The molecule has 0 radical (unpaired) electrons. The number of carbonyl (C=O) groups is 4. The lowest BCUT2D eigenvalue weighted by molar-refractivity contribution is -0.125. The van der Waals surface area contributed by atoms with Crippen LogP contribution in [0.2, 0.25) is 0 Å². The van der Waals surface area contributed by atoms with Gasteiger partial charge in [0.25, 0.3) is 11.8 Å². The Morgan fingerprint density at radius 3 is 2.20 bits per heavy atom. The van der Waals surface area contributed by atoms with E-state index in [1.807, 2.05) is 6.08 Å². The van der Waals surface area contributed by atoms with E-state index in [0.29, 0.717) is 21.3 Å². The summed E-state index contributed by atoms with van der Waals surface area (Å²) in [6.07, 6.45) is 1.77. The number of benzene rings is 3. The molecule has 4 aliphatic rings. The average molecular weight is 793 g/mol. The minimum absolute atomic E-state index is 0.0523. The van der Waals surface area contributed by atoms with Gasteiger partial charge in [-0.25, -0.2) is 9.29 Å². The smallest absolute Gasteiger partial charge is 0.258 e. The molecule has 7 rings (SSSR count). The fourth-order valence-corrected chi connectivity index (χ4v) is 9.44. The first-order valence-electron chi connectivity index (χ1n) is 14.3. The molecule has 0 spiro atoms. The molecule has 236 valence electrons. The summed E-state index contributed by atoms with van der Waals surface area (Å²) in [5.74, 6) is -6.73. The van der Waals surface area contributed by atoms with Gasteiger partial charge in [-0.1, -0.05) is 29.8 Å². The van der Waals surface area contributed by atoms with E-state index in [-0.39, 0.29) is 40.4 Å². The lowest BCUT2D eigenvalue weighted by atomic mass is 9.56. The molecule has 1 saturated carbocycles. The van der Waals surface area contributed by atoms with Gasteiger partial charge in [0.05, 0.1) is 34.8 Å². The van der Waals surface area contributed by atoms with Crippen molar-refractivity contribution in [2.75, 3.05) is 16.9 Å². The number of alkyl halides is 2. The average Bonchev–Trinajstić information content (AvgIpc) is 3.39. The first-order chi connectivity index (χ1) is 21.9. The second kappa shape index (κ2) is 10.9. The molecular weight excluding hydrogens is 770 g/mol. The van der Waals surface area contributed by atoms with E-state index in [9.17, 15) is 28.7 Å². The van der Waals surface area contributed by atoms with E-state index in [4.69, 9.17) is 27.9 Å². The SMILES string of the molecule is COc1cc([C@H]2C3=CC[C@@H]4C(=O)N(c5ccccc5)C(=O)[C@@H]4[C@@H]3C[C@@]3(Cl)C(=O)N(c4ccc(F)cc4)C(=O)[C@@]23Cl)c(Br)c(Br)c1O. The number of halogens is 5. The molecule has 8 nitrogen and oxygen atoms in total. The number of allylic oxidation sites excluding steroid dienone is 2. The molecule has 3 fully saturated rings. The van der Waals surface area contributed by atoms with Crippen molar-refractivity contribution in [3.8, 4) is 11.5 Å². The topological polar surface area (TPSA) is 104 Å². The number of para-hydroxylation sites is 1. The first-order valence-corrected chi connectivity index (χ1v) is 16.6. The number of anilines is 2. The summed E-state index contributed by atoms with van der Waals surface area (Å²) in [6, 6.07) is 14.9. The van der Waals surface area contributed by atoms with Crippen LogP contribution in [-0.4, -0.2) is 45.6 Å². The summed E-state index contributed by atoms with van der Waals surface area (Å²) in [5.41, 5.74) is 1.42. The quantitative estimate of drug-likeness (QED) is 0.177. The number of hydrogen-bond donors (Lipinski definition) is 1. The van der Waals surface area contributed by atoms with E-state index in [1.54, 1.807) is 30.3 Å². The molecule has 2 saturated heterocycles. The number of carbonyl (C=O) groups excluding carboxylic acids is 4. The highest BCUT2D eigenvalue weighted by molar-refractivity contribution is 9.13. The van der Waals surface area contributed by atoms with Crippen LogP contribution in [0, 0.1) is 23.6 Å². The predicted octanol–water partition coefficient (Wildman–Crippen LogP) is 6.83. The van der Waals surface area contributed by atoms with Crippen molar-refractivity contribution in [2.45, 2.75) is 28.5 Å². The van der Waals surface area contributed by atoms with Gasteiger partial charge in [-0.3, -0.25) is 24.1 Å². The van der Waals surface area contributed by atoms with Crippen LogP contribution in [0.15, 0.2) is 81.3 Å². The van der Waals surface area contributed by atoms with E-state index in [0.717, 1.165) is 17.0 Å². The molecule has 2 aliphatic heterocycles. The van der Waals surface area contributed by atoms with Gasteiger partial charge < -0.3 is 9.84 Å². The number of methoxy groups -OCH3 is 1. The maximum Gasteiger partial charge on any atom is 0.258 e. The number of rotatable bonds is 4. The number of imide groups is 2. The number of amides is 4. The van der Waals surface area contributed by atoms with Gasteiger partial charge >= 0.3 is 0 Å². The van der Waals surface area contributed by atoms with Gasteiger partial charge in [-0.2, -0.15) is 0 Å². The Bertz CT molecular complexity index is 1890. The number of phenolic OH excluding ortho intramolecular Hbond substituents is 1. The Labute approximate surface area is 289 Å². The third kappa shape index (κ3) is 4.07. The summed E-state index contributed by atoms with van der Waals surface area (Å²) in [5, 5.41) is 10.7.